The smallest absolute Gasteiger partial charge is 0.0767 e. The van der Waals surface area contributed by atoms with Gasteiger partial charge < -0.3 is 5.11 Å². The number of hydrogen-bond acceptors (Lipinski definition) is 0. The van der Waals surface area contributed by atoms with E-state index in [9.17, 15) is 5.11 Å². The zero-order valence-electron chi connectivity index (χ0n) is 11.6. The minimum Gasteiger partial charge on any atom is -0.359 e. The van der Waals surface area contributed by atoms with Crippen LogP contribution in [0.4, 0.5) is 0 Å². The Bertz CT molecular complexity index is 574. The third-order valence-electron chi connectivity index (χ3n) is 3.45. The Labute approximate surface area is 119 Å². The van der Waals surface area contributed by atoms with E-state index in [1.54, 1.807) is 0 Å². The highest BCUT2D eigenvalue weighted by Crippen LogP contribution is 2.23. The third-order valence-corrected chi connectivity index (χ3v) is 4.70. The Morgan fingerprint density at radius 2 is 1.89 bits per heavy atom. The fourth-order valence-electron chi connectivity index (χ4n) is 2.11. The van der Waals surface area contributed by atoms with Crippen LogP contribution in [0.1, 0.15) is 38.2 Å². The van der Waals surface area contributed by atoms with Crippen LogP contribution in [0.5, 0.6) is 0 Å². The number of unbranched alkanes of at least 4 members (excludes halogenated alkanes) is 1. The van der Waals surface area contributed by atoms with Gasteiger partial charge in [0.2, 0.25) is 0 Å². The van der Waals surface area contributed by atoms with Gasteiger partial charge in [-0.3, -0.25) is 0 Å². The van der Waals surface area contributed by atoms with Gasteiger partial charge in [0.15, 0.2) is 0 Å². The van der Waals surface area contributed by atoms with E-state index >= 15 is 0 Å². The maximum absolute atomic E-state index is 10.2. The first kappa shape index (κ1) is 14.3. The molecular formula is C17H22OS. The minimum absolute atomic E-state index is 0.114. The van der Waals surface area contributed by atoms with Crippen LogP contribution in [0.2, 0.25) is 0 Å². The van der Waals surface area contributed by atoms with Crippen molar-refractivity contribution in [3.8, 4) is 0 Å². The molecule has 0 amide bonds. The predicted octanol–water partition coefficient (Wildman–Crippen LogP) is 4.90. The molecular weight excluding hydrogens is 252 g/mol. The molecule has 1 nitrogen and oxygen atoms in total. The first-order valence-electron chi connectivity index (χ1n) is 6.94. The summed E-state index contributed by atoms with van der Waals surface area (Å²) in [5.41, 5.74) is 1.19. The van der Waals surface area contributed by atoms with Crippen molar-refractivity contribution >= 4 is 27.2 Å². The van der Waals surface area contributed by atoms with E-state index in [-0.39, 0.29) is 5.92 Å². The maximum atomic E-state index is 10.2. The maximum Gasteiger partial charge on any atom is 0.0767 e. The lowest BCUT2D eigenvalue weighted by Gasteiger charge is -2.12. The van der Waals surface area contributed by atoms with Crippen LogP contribution in [0, 0.1) is 0 Å². The van der Waals surface area contributed by atoms with Crippen LogP contribution in [-0.4, -0.2) is 15.9 Å². The standard InChI is InChI=1S/C17H22OS/c1-3-4-11-19-17(18)13(2)15-10-9-14-7-5-6-8-16(14)12-15/h5-10,12-13,18-19H,3-4,11H2,1-2H3. The van der Waals surface area contributed by atoms with E-state index in [1.165, 1.54) is 29.2 Å². The molecule has 0 fully saturated rings. The van der Waals surface area contributed by atoms with Crippen molar-refractivity contribution in [2.24, 2.45) is 0 Å². The number of benzene rings is 2. The summed E-state index contributed by atoms with van der Waals surface area (Å²) < 4.78 is 0. The molecule has 1 unspecified atom stereocenters. The fourth-order valence-corrected chi connectivity index (χ4v) is 3.24. The highest BCUT2D eigenvalue weighted by molar-refractivity contribution is 7.98. The zero-order chi connectivity index (χ0) is 13.7. The minimum atomic E-state index is 0.114. The van der Waals surface area contributed by atoms with E-state index in [0.29, 0.717) is 5.05 Å². The summed E-state index contributed by atoms with van der Waals surface area (Å²) in [7, 11) is 0. The molecule has 0 aromatic heterocycles. The number of aliphatic hydroxyl groups is 1. The number of fused-ring (bicyclic) bond motifs is 1. The van der Waals surface area contributed by atoms with Crippen LogP contribution >= 0.6 is 11.4 Å². The molecule has 0 bridgehead atoms. The van der Waals surface area contributed by atoms with Gasteiger partial charge in [-0.25, -0.2) is 0 Å². The second-order valence-electron chi connectivity index (χ2n) is 4.92. The molecule has 0 spiro atoms. The lowest BCUT2D eigenvalue weighted by Crippen LogP contribution is -2.06. The van der Waals surface area contributed by atoms with Gasteiger partial charge >= 0.3 is 0 Å². The molecule has 0 aliphatic carbocycles. The molecule has 2 aromatic carbocycles. The summed E-state index contributed by atoms with van der Waals surface area (Å²) in [6.07, 6.45) is 2.36. The summed E-state index contributed by atoms with van der Waals surface area (Å²) in [6.45, 7) is 4.26. The summed E-state index contributed by atoms with van der Waals surface area (Å²) >= 11 is 1.07. The SMILES string of the molecule is CCCC[SH]=C(O)C(C)c1ccc2ccccc2c1. The molecule has 0 saturated heterocycles. The summed E-state index contributed by atoms with van der Waals surface area (Å²) in [5, 5.41) is 13.3. The van der Waals surface area contributed by atoms with E-state index in [4.69, 9.17) is 0 Å². The van der Waals surface area contributed by atoms with E-state index < -0.39 is 0 Å². The van der Waals surface area contributed by atoms with Gasteiger partial charge in [-0.2, -0.15) is 11.4 Å². The Kier molecular flexibility index (Phi) is 5.17. The Morgan fingerprint density at radius 1 is 1.16 bits per heavy atom. The van der Waals surface area contributed by atoms with Gasteiger partial charge in [0.05, 0.1) is 5.05 Å². The van der Waals surface area contributed by atoms with Crippen molar-refractivity contribution in [1.29, 1.82) is 0 Å². The second kappa shape index (κ2) is 6.88. The lowest BCUT2D eigenvalue weighted by molar-refractivity contribution is 0.539. The van der Waals surface area contributed by atoms with Gasteiger partial charge in [-0.05, 0) is 28.5 Å². The van der Waals surface area contributed by atoms with Crippen molar-refractivity contribution in [3.05, 3.63) is 48.0 Å². The number of aliphatic hydroxyl groups excluding tert-OH is 1. The molecule has 1 atom stereocenters. The van der Waals surface area contributed by atoms with Crippen molar-refractivity contribution in [2.45, 2.75) is 32.6 Å². The average molecular weight is 274 g/mol. The molecule has 0 saturated carbocycles. The van der Waals surface area contributed by atoms with Crippen molar-refractivity contribution in [2.75, 3.05) is 5.75 Å². The zero-order valence-corrected chi connectivity index (χ0v) is 12.5. The van der Waals surface area contributed by atoms with Crippen LogP contribution in [0.3, 0.4) is 0 Å². The molecule has 19 heavy (non-hydrogen) atoms. The van der Waals surface area contributed by atoms with Gasteiger partial charge in [0.1, 0.15) is 0 Å². The Balaban J connectivity index is 2.21. The second-order valence-corrected chi connectivity index (χ2v) is 6.14. The Morgan fingerprint density at radius 3 is 2.63 bits per heavy atom. The molecule has 2 rings (SSSR count). The highest BCUT2D eigenvalue weighted by atomic mass is 32.1. The fraction of sp³-hybridized carbons (Fsp3) is 0.353. The van der Waals surface area contributed by atoms with E-state index in [0.717, 1.165) is 17.1 Å². The molecule has 0 aliphatic heterocycles. The molecule has 2 aromatic rings. The van der Waals surface area contributed by atoms with Crippen molar-refractivity contribution in [1.82, 2.24) is 0 Å². The normalized spacial score (nSPS) is 14.2. The lowest BCUT2D eigenvalue weighted by atomic mass is 9.98. The number of thiol groups is 1. The topological polar surface area (TPSA) is 20.2 Å². The van der Waals surface area contributed by atoms with Crippen molar-refractivity contribution < 1.29 is 5.11 Å². The van der Waals surface area contributed by atoms with Crippen molar-refractivity contribution in [3.63, 3.8) is 0 Å². The monoisotopic (exact) mass is 274 g/mol. The van der Waals surface area contributed by atoms with Gasteiger partial charge in [0.25, 0.3) is 0 Å². The Hall–Kier alpha value is -1.12. The van der Waals surface area contributed by atoms with Gasteiger partial charge in [0, 0.05) is 5.92 Å². The highest BCUT2D eigenvalue weighted by Gasteiger charge is 2.09. The van der Waals surface area contributed by atoms with Crippen LogP contribution in [0.25, 0.3) is 10.8 Å². The summed E-state index contributed by atoms with van der Waals surface area (Å²) in [5.74, 6) is 1.17. The molecule has 1 N–H and O–H groups in total. The van der Waals surface area contributed by atoms with Gasteiger partial charge in [-0.1, -0.05) is 62.7 Å². The van der Waals surface area contributed by atoms with E-state index in [1.807, 2.05) is 0 Å². The average Bonchev–Trinajstić information content (AvgIpc) is 2.46. The number of hydrogen-bond donors (Lipinski definition) is 2. The number of rotatable bonds is 5. The first-order chi connectivity index (χ1) is 9.22. The largest absolute Gasteiger partial charge is 0.359 e. The summed E-state index contributed by atoms with van der Waals surface area (Å²) in [6, 6.07) is 14.8. The molecule has 0 radical (unpaired) electrons. The quantitative estimate of drug-likeness (QED) is 0.451. The molecule has 102 valence electrons. The molecule has 2 heteroatoms. The molecule has 0 heterocycles. The van der Waals surface area contributed by atoms with Crippen LogP contribution in [-0.2, 0) is 0 Å². The van der Waals surface area contributed by atoms with Gasteiger partial charge in [-0.15, -0.1) is 0 Å². The predicted molar refractivity (Wildman–Crippen MR) is 88.8 cm³/mol. The van der Waals surface area contributed by atoms with Crippen LogP contribution in [0.15, 0.2) is 42.5 Å². The van der Waals surface area contributed by atoms with Crippen LogP contribution < -0.4 is 0 Å². The summed E-state index contributed by atoms with van der Waals surface area (Å²) in [4.78, 5) is 0. The molecule has 0 aliphatic rings. The van der Waals surface area contributed by atoms with E-state index in [2.05, 4.69) is 56.3 Å². The first-order valence-corrected chi connectivity index (χ1v) is 8.02. The third kappa shape index (κ3) is 3.68.